The van der Waals surface area contributed by atoms with Crippen molar-refractivity contribution in [2.75, 3.05) is 0 Å². The van der Waals surface area contributed by atoms with Crippen LogP contribution in [-0.4, -0.2) is 21.5 Å². The molecule has 2 aromatic heterocycles. The maximum Gasteiger partial charge on any atom is 0.290 e. The van der Waals surface area contributed by atoms with Gasteiger partial charge in [-0.05, 0) is 37.6 Å². The monoisotopic (exact) mass is 310 g/mol. The Hall–Kier alpha value is -3.02. The number of fused-ring (bicyclic) bond motifs is 1. The third-order valence-corrected chi connectivity index (χ3v) is 3.45. The lowest BCUT2D eigenvalue weighted by Crippen LogP contribution is -2.20. The van der Waals surface area contributed by atoms with Crippen molar-refractivity contribution in [1.82, 2.24) is 14.8 Å². The first kappa shape index (κ1) is 14.9. The van der Waals surface area contributed by atoms with Gasteiger partial charge in [-0.1, -0.05) is 18.2 Å². The first-order chi connectivity index (χ1) is 11.1. The number of amides is 1. The van der Waals surface area contributed by atoms with Gasteiger partial charge >= 0.3 is 0 Å². The Kier molecular flexibility index (Phi) is 3.89. The molecule has 0 fully saturated rings. The van der Waals surface area contributed by atoms with Gasteiger partial charge < -0.3 is 0 Å². The Balaban J connectivity index is 1.84. The third-order valence-electron chi connectivity index (χ3n) is 3.45. The summed E-state index contributed by atoms with van der Waals surface area (Å²) in [6, 6.07) is 9.99. The number of halogens is 1. The van der Waals surface area contributed by atoms with Crippen LogP contribution in [0, 0.1) is 19.7 Å². The second kappa shape index (κ2) is 6.00. The molecule has 1 amide bonds. The van der Waals surface area contributed by atoms with E-state index < -0.39 is 11.7 Å². The normalized spacial score (nSPS) is 11.3. The van der Waals surface area contributed by atoms with Crippen LogP contribution in [0.2, 0.25) is 0 Å². The molecule has 3 aromatic rings. The zero-order valence-electron chi connectivity index (χ0n) is 12.7. The molecule has 0 aliphatic carbocycles. The highest BCUT2D eigenvalue weighted by molar-refractivity contribution is 5.95. The van der Waals surface area contributed by atoms with Crippen LogP contribution in [-0.2, 0) is 0 Å². The number of hydrazone groups is 1. The molecule has 6 heteroatoms. The van der Waals surface area contributed by atoms with E-state index in [0.717, 1.165) is 5.56 Å². The van der Waals surface area contributed by atoms with Crippen molar-refractivity contribution in [2.24, 2.45) is 5.10 Å². The fourth-order valence-corrected chi connectivity index (χ4v) is 2.33. The molecule has 0 saturated heterocycles. The van der Waals surface area contributed by atoms with Crippen LogP contribution in [0.15, 0.2) is 47.7 Å². The highest BCUT2D eigenvalue weighted by Gasteiger charge is 2.16. The SMILES string of the molecule is Cc1ccn2c(C(=O)N/N=C/c3ccccc3F)c(C)nc2c1. The number of carbonyl (C=O) groups is 1. The minimum Gasteiger partial charge on any atom is -0.295 e. The molecule has 0 aliphatic heterocycles. The number of hydrogen-bond acceptors (Lipinski definition) is 3. The van der Waals surface area contributed by atoms with E-state index in [1.807, 2.05) is 19.1 Å². The molecule has 2 heterocycles. The Labute approximate surface area is 132 Å². The van der Waals surface area contributed by atoms with Crippen LogP contribution in [0.25, 0.3) is 5.65 Å². The largest absolute Gasteiger partial charge is 0.295 e. The van der Waals surface area contributed by atoms with Gasteiger partial charge in [-0.15, -0.1) is 0 Å². The lowest BCUT2D eigenvalue weighted by Gasteiger charge is -2.02. The van der Waals surface area contributed by atoms with Crippen molar-refractivity contribution in [3.05, 3.63) is 70.9 Å². The lowest BCUT2D eigenvalue weighted by atomic mass is 10.2. The van der Waals surface area contributed by atoms with Crippen molar-refractivity contribution in [3.8, 4) is 0 Å². The number of nitrogens with zero attached hydrogens (tertiary/aromatic N) is 3. The standard InChI is InChI=1S/C17H15FN4O/c1-11-7-8-22-15(9-11)20-12(2)16(22)17(23)21-19-10-13-5-3-4-6-14(13)18/h3-10H,1-2H3,(H,21,23)/b19-10+. The molecule has 1 N–H and O–H groups in total. The van der Waals surface area contributed by atoms with Gasteiger partial charge in [-0.25, -0.2) is 14.8 Å². The molecule has 1 aromatic carbocycles. The number of imidazole rings is 1. The number of benzene rings is 1. The van der Waals surface area contributed by atoms with Crippen LogP contribution in [0.3, 0.4) is 0 Å². The molecule has 0 atom stereocenters. The molecule has 5 nitrogen and oxygen atoms in total. The van der Waals surface area contributed by atoms with Gasteiger partial charge in [0.2, 0.25) is 0 Å². The highest BCUT2D eigenvalue weighted by atomic mass is 19.1. The van der Waals surface area contributed by atoms with Gasteiger partial charge in [0, 0.05) is 11.8 Å². The lowest BCUT2D eigenvalue weighted by molar-refractivity contribution is 0.0948. The predicted octanol–water partition coefficient (Wildman–Crippen LogP) is 2.85. The quantitative estimate of drug-likeness (QED) is 0.597. The molecule has 0 aliphatic rings. The number of rotatable bonds is 3. The zero-order valence-corrected chi connectivity index (χ0v) is 12.7. The van der Waals surface area contributed by atoms with E-state index >= 15 is 0 Å². The van der Waals surface area contributed by atoms with Crippen LogP contribution in [0.1, 0.15) is 27.3 Å². The van der Waals surface area contributed by atoms with Crippen molar-refractivity contribution in [2.45, 2.75) is 13.8 Å². The second-order valence-corrected chi connectivity index (χ2v) is 5.20. The summed E-state index contributed by atoms with van der Waals surface area (Å²) in [4.78, 5) is 16.7. The third kappa shape index (κ3) is 2.96. The fourth-order valence-electron chi connectivity index (χ4n) is 2.33. The summed E-state index contributed by atoms with van der Waals surface area (Å²) < 4.78 is 15.2. The Morgan fingerprint density at radius 3 is 2.87 bits per heavy atom. The van der Waals surface area contributed by atoms with Gasteiger partial charge in [0.15, 0.2) is 0 Å². The number of nitrogens with one attached hydrogen (secondary N) is 1. The summed E-state index contributed by atoms with van der Waals surface area (Å²) >= 11 is 0. The number of carbonyl (C=O) groups excluding carboxylic acids is 1. The Bertz CT molecular complexity index is 914. The van der Waals surface area contributed by atoms with Crippen molar-refractivity contribution in [3.63, 3.8) is 0 Å². The maximum atomic E-state index is 13.5. The molecule has 0 radical (unpaired) electrons. The van der Waals surface area contributed by atoms with E-state index in [2.05, 4.69) is 15.5 Å². The van der Waals surface area contributed by atoms with Gasteiger partial charge in [-0.2, -0.15) is 5.10 Å². The molecule has 3 rings (SSSR count). The van der Waals surface area contributed by atoms with Gasteiger partial charge in [0.05, 0.1) is 11.9 Å². The molecular formula is C17H15FN4O. The summed E-state index contributed by atoms with van der Waals surface area (Å²) in [7, 11) is 0. The molecular weight excluding hydrogens is 295 g/mol. The Morgan fingerprint density at radius 1 is 1.30 bits per heavy atom. The van der Waals surface area contributed by atoms with E-state index in [1.165, 1.54) is 12.3 Å². The molecule has 0 bridgehead atoms. The van der Waals surface area contributed by atoms with E-state index in [0.29, 0.717) is 22.6 Å². The summed E-state index contributed by atoms with van der Waals surface area (Å²) in [6.45, 7) is 3.72. The number of aromatic nitrogens is 2. The van der Waals surface area contributed by atoms with Crippen molar-refractivity contribution < 1.29 is 9.18 Å². The summed E-state index contributed by atoms with van der Waals surface area (Å²) in [5.74, 6) is -0.793. The van der Waals surface area contributed by atoms with Gasteiger partial charge in [0.25, 0.3) is 5.91 Å². The Morgan fingerprint density at radius 2 is 2.09 bits per heavy atom. The topological polar surface area (TPSA) is 58.8 Å². The zero-order chi connectivity index (χ0) is 16.4. The summed E-state index contributed by atoms with van der Waals surface area (Å²) in [6.07, 6.45) is 3.07. The minimum atomic E-state index is -0.397. The van der Waals surface area contributed by atoms with Crippen LogP contribution in [0.5, 0.6) is 0 Å². The van der Waals surface area contributed by atoms with E-state index in [-0.39, 0.29) is 0 Å². The molecule has 0 saturated carbocycles. The first-order valence-electron chi connectivity index (χ1n) is 7.09. The van der Waals surface area contributed by atoms with E-state index in [1.54, 1.807) is 35.7 Å². The predicted molar refractivity (Wildman–Crippen MR) is 86.1 cm³/mol. The maximum absolute atomic E-state index is 13.5. The van der Waals surface area contributed by atoms with Crippen LogP contribution in [0.4, 0.5) is 4.39 Å². The van der Waals surface area contributed by atoms with E-state index in [9.17, 15) is 9.18 Å². The summed E-state index contributed by atoms with van der Waals surface area (Å²) in [5, 5.41) is 3.82. The molecule has 116 valence electrons. The van der Waals surface area contributed by atoms with E-state index in [4.69, 9.17) is 0 Å². The van der Waals surface area contributed by atoms with Crippen molar-refractivity contribution >= 4 is 17.8 Å². The number of pyridine rings is 1. The molecule has 23 heavy (non-hydrogen) atoms. The smallest absolute Gasteiger partial charge is 0.290 e. The molecule has 0 spiro atoms. The average Bonchev–Trinajstić information content (AvgIpc) is 2.84. The van der Waals surface area contributed by atoms with Gasteiger partial charge in [-0.3, -0.25) is 9.20 Å². The highest BCUT2D eigenvalue weighted by Crippen LogP contribution is 2.13. The second-order valence-electron chi connectivity index (χ2n) is 5.20. The minimum absolute atomic E-state index is 0.304. The van der Waals surface area contributed by atoms with Gasteiger partial charge in [0.1, 0.15) is 17.2 Å². The summed E-state index contributed by atoms with van der Waals surface area (Å²) in [5.41, 5.74) is 5.49. The van der Waals surface area contributed by atoms with Crippen LogP contribution >= 0.6 is 0 Å². The fraction of sp³-hybridized carbons (Fsp3) is 0.118. The molecule has 0 unspecified atom stereocenters. The average molecular weight is 310 g/mol. The van der Waals surface area contributed by atoms with Crippen LogP contribution < -0.4 is 5.43 Å². The number of hydrogen-bond donors (Lipinski definition) is 1. The van der Waals surface area contributed by atoms with Crippen molar-refractivity contribution in [1.29, 1.82) is 0 Å². The first-order valence-corrected chi connectivity index (χ1v) is 7.09. The number of aryl methyl sites for hydroxylation is 2.